The fraction of sp³-hybridized carbons (Fsp3) is 0.286. The predicted molar refractivity (Wildman–Crippen MR) is 77.0 cm³/mol. The lowest BCUT2D eigenvalue weighted by Crippen LogP contribution is -2.06. The zero-order valence-electron chi connectivity index (χ0n) is 11.4. The standard InChI is InChI=1S/C14H15N7/c1-3-13(21-10-17-18-19-21)4-2-11(1)16-8-14-7-15-9-20(14)12-5-6-12/h1-4,7,9-10,12,16H,5-6,8H2. The molecule has 0 saturated heterocycles. The average Bonchev–Trinajstić information content (AvgIpc) is 3.04. The zero-order valence-corrected chi connectivity index (χ0v) is 11.4. The minimum Gasteiger partial charge on any atom is -0.379 e. The molecule has 1 aromatic carbocycles. The molecule has 1 saturated carbocycles. The van der Waals surface area contributed by atoms with Gasteiger partial charge in [-0.2, -0.15) is 0 Å². The van der Waals surface area contributed by atoms with Crippen LogP contribution in [0.15, 0.2) is 43.1 Å². The van der Waals surface area contributed by atoms with Crippen LogP contribution in [0.4, 0.5) is 5.69 Å². The predicted octanol–water partition coefficient (Wildman–Crippen LogP) is 1.81. The van der Waals surface area contributed by atoms with Gasteiger partial charge in [0.15, 0.2) is 0 Å². The lowest BCUT2D eigenvalue weighted by atomic mass is 10.2. The van der Waals surface area contributed by atoms with Gasteiger partial charge in [0.05, 0.1) is 24.3 Å². The van der Waals surface area contributed by atoms with Crippen LogP contribution in [-0.4, -0.2) is 29.8 Å². The van der Waals surface area contributed by atoms with Crippen LogP contribution in [0, 0.1) is 0 Å². The summed E-state index contributed by atoms with van der Waals surface area (Å²) in [4.78, 5) is 4.24. The number of hydrogen-bond acceptors (Lipinski definition) is 5. The fourth-order valence-electron chi connectivity index (χ4n) is 2.35. The lowest BCUT2D eigenvalue weighted by Gasteiger charge is -2.09. The van der Waals surface area contributed by atoms with Gasteiger partial charge in [0.1, 0.15) is 6.33 Å². The van der Waals surface area contributed by atoms with E-state index in [1.807, 2.05) is 36.8 Å². The molecule has 1 aliphatic rings. The van der Waals surface area contributed by atoms with E-state index in [0.717, 1.165) is 17.9 Å². The molecular weight excluding hydrogens is 266 g/mol. The summed E-state index contributed by atoms with van der Waals surface area (Å²) in [6.45, 7) is 0.778. The second-order valence-electron chi connectivity index (χ2n) is 5.18. The van der Waals surface area contributed by atoms with Gasteiger partial charge < -0.3 is 9.88 Å². The Balaban J connectivity index is 1.44. The topological polar surface area (TPSA) is 73.5 Å². The minimum absolute atomic E-state index is 0.659. The summed E-state index contributed by atoms with van der Waals surface area (Å²) < 4.78 is 3.90. The number of nitrogens with one attached hydrogen (secondary N) is 1. The Labute approximate surface area is 121 Å². The van der Waals surface area contributed by atoms with Crippen LogP contribution >= 0.6 is 0 Å². The van der Waals surface area contributed by atoms with Crippen molar-refractivity contribution in [3.05, 3.63) is 48.8 Å². The van der Waals surface area contributed by atoms with Gasteiger partial charge in [-0.1, -0.05) is 0 Å². The van der Waals surface area contributed by atoms with Crippen molar-refractivity contribution in [3.8, 4) is 5.69 Å². The van der Waals surface area contributed by atoms with E-state index in [-0.39, 0.29) is 0 Å². The molecule has 1 aliphatic carbocycles. The van der Waals surface area contributed by atoms with Crippen LogP contribution in [0.3, 0.4) is 0 Å². The fourth-order valence-corrected chi connectivity index (χ4v) is 2.35. The highest BCUT2D eigenvalue weighted by molar-refractivity contribution is 5.48. The first kappa shape index (κ1) is 12.1. The number of nitrogens with zero attached hydrogens (tertiary/aromatic N) is 6. The van der Waals surface area contributed by atoms with Crippen molar-refractivity contribution in [1.82, 2.24) is 29.8 Å². The lowest BCUT2D eigenvalue weighted by molar-refractivity contribution is 0.701. The van der Waals surface area contributed by atoms with Gasteiger partial charge in [-0.15, -0.1) is 5.10 Å². The largest absolute Gasteiger partial charge is 0.379 e. The van der Waals surface area contributed by atoms with Gasteiger partial charge in [0.25, 0.3) is 0 Å². The summed E-state index contributed by atoms with van der Waals surface area (Å²) in [6.07, 6.45) is 7.97. The first-order valence-corrected chi connectivity index (χ1v) is 6.98. The Hall–Kier alpha value is -2.70. The smallest absolute Gasteiger partial charge is 0.143 e. The Bertz CT molecular complexity index is 710. The summed E-state index contributed by atoms with van der Waals surface area (Å²) in [5.74, 6) is 0. The molecule has 0 aliphatic heterocycles. The van der Waals surface area contributed by atoms with Crippen LogP contribution in [0.25, 0.3) is 5.69 Å². The molecule has 1 N–H and O–H groups in total. The molecule has 7 nitrogen and oxygen atoms in total. The maximum absolute atomic E-state index is 4.24. The van der Waals surface area contributed by atoms with Crippen LogP contribution < -0.4 is 5.32 Å². The molecule has 4 rings (SSSR count). The van der Waals surface area contributed by atoms with Gasteiger partial charge in [-0.3, -0.25) is 0 Å². The number of imidazole rings is 1. The molecule has 0 bridgehead atoms. The van der Waals surface area contributed by atoms with E-state index < -0.39 is 0 Å². The SMILES string of the molecule is c1cc(-n2cnnn2)ccc1NCc1cncn1C1CC1. The third-order valence-electron chi connectivity index (χ3n) is 3.64. The highest BCUT2D eigenvalue weighted by Gasteiger charge is 2.24. The molecule has 0 unspecified atom stereocenters. The van der Waals surface area contributed by atoms with E-state index in [4.69, 9.17) is 0 Å². The third-order valence-corrected chi connectivity index (χ3v) is 3.64. The van der Waals surface area contributed by atoms with Crippen LogP contribution in [0.1, 0.15) is 24.6 Å². The summed E-state index contributed by atoms with van der Waals surface area (Å²) >= 11 is 0. The van der Waals surface area contributed by atoms with E-state index in [9.17, 15) is 0 Å². The number of aromatic nitrogens is 6. The number of anilines is 1. The average molecular weight is 281 g/mol. The normalized spacial score (nSPS) is 14.3. The molecule has 2 aromatic heterocycles. The zero-order chi connectivity index (χ0) is 14.1. The summed E-state index contributed by atoms with van der Waals surface area (Å²) in [5.41, 5.74) is 3.23. The van der Waals surface area contributed by atoms with Crippen molar-refractivity contribution in [2.24, 2.45) is 0 Å². The molecule has 21 heavy (non-hydrogen) atoms. The van der Waals surface area contributed by atoms with Crippen molar-refractivity contribution >= 4 is 5.69 Å². The van der Waals surface area contributed by atoms with Gasteiger partial charge in [-0.25, -0.2) is 9.67 Å². The highest BCUT2D eigenvalue weighted by atomic mass is 15.5. The van der Waals surface area contributed by atoms with Crippen LogP contribution in [0.5, 0.6) is 0 Å². The summed E-state index contributed by atoms with van der Waals surface area (Å²) in [5, 5.41) is 14.5. The Morgan fingerprint density at radius 1 is 1.14 bits per heavy atom. The maximum Gasteiger partial charge on any atom is 0.143 e. The molecule has 0 radical (unpaired) electrons. The van der Waals surface area contributed by atoms with E-state index in [0.29, 0.717) is 6.04 Å². The third kappa shape index (κ3) is 2.49. The van der Waals surface area contributed by atoms with Crippen molar-refractivity contribution < 1.29 is 0 Å². The van der Waals surface area contributed by atoms with Gasteiger partial charge in [0, 0.05) is 17.9 Å². The quantitative estimate of drug-likeness (QED) is 0.772. The number of rotatable bonds is 5. The van der Waals surface area contributed by atoms with Gasteiger partial charge in [-0.05, 0) is 47.5 Å². The van der Waals surface area contributed by atoms with Crippen LogP contribution in [-0.2, 0) is 6.54 Å². The second kappa shape index (κ2) is 5.01. The molecule has 0 spiro atoms. The monoisotopic (exact) mass is 281 g/mol. The molecule has 7 heteroatoms. The minimum atomic E-state index is 0.659. The van der Waals surface area contributed by atoms with E-state index in [1.54, 1.807) is 11.0 Å². The Morgan fingerprint density at radius 3 is 2.71 bits per heavy atom. The molecule has 0 amide bonds. The van der Waals surface area contributed by atoms with E-state index in [2.05, 4.69) is 30.4 Å². The maximum atomic E-state index is 4.24. The Morgan fingerprint density at radius 2 is 2.00 bits per heavy atom. The van der Waals surface area contributed by atoms with E-state index >= 15 is 0 Å². The van der Waals surface area contributed by atoms with Crippen LogP contribution in [0.2, 0.25) is 0 Å². The Kier molecular flexibility index (Phi) is 2.88. The first-order chi connectivity index (χ1) is 10.4. The second-order valence-corrected chi connectivity index (χ2v) is 5.18. The first-order valence-electron chi connectivity index (χ1n) is 6.98. The molecule has 2 heterocycles. The molecule has 0 atom stereocenters. The molecule has 106 valence electrons. The molecule has 3 aromatic rings. The highest BCUT2D eigenvalue weighted by Crippen LogP contribution is 2.35. The number of benzene rings is 1. The molecular formula is C14H15N7. The molecule has 1 fully saturated rings. The van der Waals surface area contributed by atoms with E-state index in [1.165, 1.54) is 18.5 Å². The summed E-state index contributed by atoms with van der Waals surface area (Å²) in [6, 6.07) is 8.67. The van der Waals surface area contributed by atoms with Crippen molar-refractivity contribution in [1.29, 1.82) is 0 Å². The van der Waals surface area contributed by atoms with Gasteiger partial charge >= 0.3 is 0 Å². The van der Waals surface area contributed by atoms with Crippen molar-refractivity contribution in [3.63, 3.8) is 0 Å². The van der Waals surface area contributed by atoms with Crippen molar-refractivity contribution in [2.45, 2.75) is 25.4 Å². The van der Waals surface area contributed by atoms with Gasteiger partial charge in [0.2, 0.25) is 0 Å². The van der Waals surface area contributed by atoms with Crippen molar-refractivity contribution in [2.75, 3.05) is 5.32 Å². The number of tetrazole rings is 1. The summed E-state index contributed by atoms with van der Waals surface area (Å²) in [7, 11) is 0. The number of hydrogen-bond donors (Lipinski definition) is 1.